The van der Waals surface area contributed by atoms with Gasteiger partial charge in [0.1, 0.15) is 0 Å². The first-order valence-electron chi connectivity index (χ1n) is 7.93. The second-order valence-corrected chi connectivity index (χ2v) is 6.30. The normalized spacial score (nSPS) is 11.0. The van der Waals surface area contributed by atoms with Gasteiger partial charge in [-0.05, 0) is 50.2 Å². The van der Waals surface area contributed by atoms with Crippen molar-refractivity contribution in [3.05, 3.63) is 71.0 Å². The SMILES string of the molecule is Cc1cc(C)n(-c2nc3cc(Cl)ccc3nc2Nc2ccccc2)n1. The average molecular weight is 350 g/mol. The van der Waals surface area contributed by atoms with E-state index < -0.39 is 0 Å². The maximum Gasteiger partial charge on any atom is 0.197 e. The molecule has 0 unspecified atom stereocenters. The summed E-state index contributed by atoms with van der Waals surface area (Å²) < 4.78 is 1.80. The molecular formula is C19H16ClN5. The molecule has 0 aliphatic carbocycles. The van der Waals surface area contributed by atoms with E-state index in [0.29, 0.717) is 16.7 Å². The van der Waals surface area contributed by atoms with Crippen LogP contribution >= 0.6 is 11.6 Å². The molecule has 0 radical (unpaired) electrons. The summed E-state index contributed by atoms with van der Waals surface area (Å²) in [6, 6.07) is 17.4. The van der Waals surface area contributed by atoms with Crippen LogP contribution in [0.2, 0.25) is 5.02 Å². The Labute approximate surface area is 150 Å². The van der Waals surface area contributed by atoms with E-state index in [9.17, 15) is 0 Å². The Kier molecular flexibility index (Phi) is 3.86. The molecule has 4 aromatic rings. The van der Waals surface area contributed by atoms with E-state index in [1.54, 1.807) is 4.68 Å². The molecule has 0 atom stereocenters. The van der Waals surface area contributed by atoms with E-state index in [1.807, 2.05) is 68.4 Å². The van der Waals surface area contributed by atoms with E-state index in [4.69, 9.17) is 21.6 Å². The van der Waals surface area contributed by atoms with Gasteiger partial charge in [0.05, 0.1) is 16.7 Å². The lowest BCUT2D eigenvalue weighted by atomic mass is 10.3. The van der Waals surface area contributed by atoms with Crippen LogP contribution in [0.3, 0.4) is 0 Å². The maximum absolute atomic E-state index is 6.12. The van der Waals surface area contributed by atoms with Crippen molar-refractivity contribution < 1.29 is 0 Å². The summed E-state index contributed by atoms with van der Waals surface area (Å²) in [5.74, 6) is 1.29. The lowest BCUT2D eigenvalue weighted by molar-refractivity contribution is 0.808. The molecule has 4 rings (SSSR count). The highest BCUT2D eigenvalue weighted by atomic mass is 35.5. The van der Waals surface area contributed by atoms with Crippen molar-refractivity contribution in [2.24, 2.45) is 0 Å². The fraction of sp³-hybridized carbons (Fsp3) is 0.105. The van der Waals surface area contributed by atoms with Crippen molar-refractivity contribution in [2.75, 3.05) is 5.32 Å². The summed E-state index contributed by atoms with van der Waals surface area (Å²) in [7, 11) is 0. The van der Waals surface area contributed by atoms with Crippen molar-refractivity contribution in [3.63, 3.8) is 0 Å². The minimum Gasteiger partial charge on any atom is -0.337 e. The molecule has 0 bridgehead atoms. The van der Waals surface area contributed by atoms with E-state index in [2.05, 4.69) is 10.4 Å². The van der Waals surface area contributed by atoms with Crippen molar-refractivity contribution >= 4 is 34.1 Å². The van der Waals surface area contributed by atoms with Crippen LogP contribution in [0.1, 0.15) is 11.4 Å². The number of aromatic nitrogens is 4. The Morgan fingerprint density at radius 1 is 0.920 bits per heavy atom. The van der Waals surface area contributed by atoms with Crippen LogP contribution < -0.4 is 5.32 Å². The topological polar surface area (TPSA) is 55.6 Å². The predicted octanol–water partition coefficient (Wildman–Crippen LogP) is 4.83. The monoisotopic (exact) mass is 349 g/mol. The zero-order chi connectivity index (χ0) is 17.4. The number of benzene rings is 2. The molecule has 6 heteroatoms. The quantitative estimate of drug-likeness (QED) is 0.575. The zero-order valence-electron chi connectivity index (χ0n) is 13.9. The molecule has 0 spiro atoms. The number of hydrogen-bond acceptors (Lipinski definition) is 4. The van der Waals surface area contributed by atoms with Gasteiger partial charge in [0.25, 0.3) is 0 Å². The highest BCUT2D eigenvalue weighted by Gasteiger charge is 2.14. The van der Waals surface area contributed by atoms with Crippen LogP contribution in [0.15, 0.2) is 54.6 Å². The van der Waals surface area contributed by atoms with Gasteiger partial charge in [0, 0.05) is 16.4 Å². The maximum atomic E-state index is 6.12. The number of nitrogens with zero attached hydrogens (tertiary/aromatic N) is 4. The van der Waals surface area contributed by atoms with E-state index in [-0.39, 0.29) is 0 Å². The van der Waals surface area contributed by atoms with Gasteiger partial charge < -0.3 is 5.32 Å². The number of anilines is 2. The number of nitrogens with one attached hydrogen (secondary N) is 1. The summed E-state index contributed by atoms with van der Waals surface area (Å²) in [6.45, 7) is 3.95. The van der Waals surface area contributed by atoms with Gasteiger partial charge in [-0.15, -0.1) is 0 Å². The summed E-state index contributed by atoms with van der Waals surface area (Å²) in [6.07, 6.45) is 0. The van der Waals surface area contributed by atoms with Crippen LogP contribution in [0.25, 0.3) is 16.9 Å². The van der Waals surface area contributed by atoms with Gasteiger partial charge >= 0.3 is 0 Å². The number of aryl methyl sites for hydroxylation is 2. The molecule has 0 aliphatic heterocycles. The Balaban J connectivity index is 1.93. The third-order valence-corrected chi connectivity index (χ3v) is 4.09. The summed E-state index contributed by atoms with van der Waals surface area (Å²) in [4.78, 5) is 9.51. The number of rotatable bonds is 3. The minimum atomic E-state index is 0.630. The summed E-state index contributed by atoms with van der Waals surface area (Å²) in [5, 5.41) is 8.53. The van der Waals surface area contributed by atoms with E-state index >= 15 is 0 Å². The van der Waals surface area contributed by atoms with Gasteiger partial charge in [-0.25, -0.2) is 14.6 Å². The largest absolute Gasteiger partial charge is 0.337 e. The van der Waals surface area contributed by atoms with Crippen molar-refractivity contribution in [1.82, 2.24) is 19.7 Å². The Morgan fingerprint density at radius 3 is 2.44 bits per heavy atom. The molecule has 0 fully saturated rings. The van der Waals surface area contributed by atoms with E-state index in [0.717, 1.165) is 28.1 Å². The number of hydrogen-bond donors (Lipinski definition) is 1. The van der Waals surface area contributed by atoms with Crippen LogP contribution in [0, 0.1) is 13.8 Å². The molecule has 124 valence electrons. The van der Waals surface area contributed by atoms with Crippen LogP contribution in [0.5, 0.6) is 0 Å². The first kappa shape index (κ1) is 15.6. The lowest BCUT2D eigenvalue weighted by Crippen LogP contribution is -2.08. The fourth-order valence-electron chi connectivity index (χ4n) is 2.75. The van der Waals surface area contributed by atoms with Crippen LogP contribution in [-0.4, -0.2) is 19.7 Å². The molecule has 0 saturated carbocycles. The van der Waals surface area contributed by atoms with Gasteiger partial charge in [-0.2, -0.15) is 5.10 Å². The Morgan fingerprint density at radius 2 is 1.72 bits per heavy atom. The van der Waals surface area contributed by atoms with Crippen molar-refractivity contribution in [1.29, 1.82) is 0 Å². The minimum absolute atomic E-state index is 0.630. The Bertz CT molecular complexity index is 1060. The molecule has 25 heavy (non-hydrogen) atoms. The van der Waals surface area contributed by atoms with Crippen molar-refractivity contribution in [3.8, 4) is 5.82 Å². The van der Waals surface area contributed by atoms with E-state index in [1.165, 1.54) is 0 Å². The molecule has 0 aliphatic rings. The highest BCUT2D eigenvalue weighted by molar-refractivity contribution is 6.31. The van der Waals surface area contributed by atoms with Crippen LogP contribution in [0.4, 0.5) is 11.5 Å². The first-order chi connectivity index (χ1) is 12.1. The molecule has 2 aromatic heterocycles. The number of fused-ring (bicyclic) bond motifs is 1. The first-order valence-corrected chi connectivity index (χ1v) is 8.31. The van der Waals surface area contributed by atoms with Crippen LogP contribution in [-0.2, 0) is 0 Å². The average Bonchev–Trinajstić information content (AvgIpc) is 2.93. The smallest absolute Gasteiger partial charge is 0.197 e. The summed E-state index contributed by atoms with van der Waals surface area (Å²) in [5.41, 5.74) is 4.36. The summed E-state index contributed by atoms with van der Waals surface area (Å²) >= 11 is 6.12. The number of para-hydroxylation sites is 1. The fourth-order valence-corrected chi connectivity index (χ4v) is 2.92. The Hall–Kier alpha value is -2.92. The van der Waals surface area contributed by atoms with Gasteiger partial charge in [-0.1, -0.05) is 29.8 Å². The number of halogens is 1. The second-order valence-electron chi connectivity index (χ2n) is 5.86. The standard InChI is InChI=1S/C19H16ClN5/c1-12-10-13(2)25(24-12)19-18(21-15-6-4-3-5-7-15)22-16-9-8-14(20)11-17(16)23-19/h3-11H,1-2H3,(H,21,22). The molecule has 2 heterocycles. The molecular weight excluding hydrogens is 334 g/mol. The lowest BCUT2D eigenvalue weighted by Gasteiger charge is -2.13. The molecule has 5 nitrogen and oxygen atoms in total. The highest BCUT2D eigenvalue weighted by Crippen LogP contribution is 2.26. The predicted molar refractivity (Wildman–Crippen MR) is 101 cm³/mol. The van der Waals surface area contributed by atoms with Gasteiger partial charge in [0.2, 0.25) is 0 Å². The molecule has 0 amide bonds. The second kappa shape index (κ2) is 6.18. The molecule has 2 aromatic carbocycles. The molecule has 1 N–H and O–H groups in total. The van der Waals surface area contributed by atoms with Gasteiger partial charge in [0.15, 0.2) is 11.6 Å². The van der Waals surface area contributed by atoms with Gasteiger partial charge in [-0.3, -0.25) is 0 Å². The zero-order valence-corrected chi connectivity index (χ0v) is 14.6. The third kappa shape index (κ3) is 3.06. The molecule has 0 saturated heterocycles. The van der Waals surface area contributed by atoms with Crippen molar-refractivity contribution in [2.45, 2.75) is 13.8 Å². The third-order valence-electron chi connectivity index (χ3n) is 3.85.